The van der Waals surface area contributed by atoms with Crippen LogP contribution in [0.25, 0.3) is 0 Å². The topological polar surface area (TPSA) is 57.6 Å². The van der Waals surface area contributed by atoms with Gasteiger partial charge in [-0.05, 0) is 25.0 Å². The molecule has 0 spiro atoms. The van der Waals surface area contributed by atoms with Crippen molar-refractivity contribution in [1.82, 2.24) is 0 Å². The van der Waals surface area contributed by atoms with E-state index in [9.17, 15) is 13.5 Å². The zero-order valence-corrected chi connectivity index (χ0v) is 12.2. The van der Waals surface area contributed by atoms with E-state index in [1.807, 2.05) is 18.0 Å². The van der Waals surface area contributed by atoms with Crippen LogP contribution in [0.3, 0.4) is 0 Å². The Morgan fingerprint density at radius 1 is 1.21 bits per heavy atom. The predicted molar refractivity (Wildman–Crippen MR) is 76.2 cm³/mol. The van der Waals surface area contributed by atoms with Crippen LogP contribution in [0.2, 0.25) is 0 Å². The molecule has 5 heteroatoms. The van der Waals surface area contributed by atoms with Gasteiger partial charge in [0.05, 0.1) is 22.7 Å². The van der Waals surface area contributed by atoms with E-state index in [0.717, 1.165) is 25.7 Å². The Bertz CT molecular complexity index is 541. The Hall–Kier alpha value is -1.07. The molecule has 1 aromatic carbocycles. The number of rotatable bonds is 3. The van der Waals surface area contributed by atoms with Gasteiger partial charge in [0, 0.05) is 13.3 Å². The van der Waals surface area contributed by atoms with Gasteiger partial charge in [0.15, 0.2) is 9.84 Å². The fourth-order valence-corrected chi connectivity index (χ4v) is 3.70. The Morgan fingerprint density at radius 2 is 1.84 bits per heavy atom. The average molecular weight is 283 g/mol. The Balaban J connectivity index is 2.36. The number of para-hydroxylation sites is 1. The van der Waals surface area contributed by atoms with Crippen molar-refractivity contribution >= 4 is 15.5 Å². The van der Waals surface area contributed by atoms with Gasteiger partial charge >= 0.3 is 0 Å². The first-order valence-corrected chi connectivity index (χ1v) is 8.50. The van der Waals surface area contributed by atoms with Crippen LogP contribution in [-0.4, -0.2) is 39.0 Å². The molecule has 1 aliphatic carbocycles. The lowest BCUT2D eigenvalue weighted by Crippen LogP contribution is -2.43. The molecular formula is C14H21NO3S. The molecule has 4 nitrogen and oxygen atoms in total. The molecule has 0 radical (unpaired) electrons. The number of aliphatic hydroxyl groups is 1. The molecule has 1 aliphatic rings. The molecule has 0 amide bonds. The van der Waals surface area contributed by atoms with Gasteiger partial charge in [0.1, 0.15) is 0 Å². The minimum atomic E-state index is -3.26. The van der Waals surface area contributed by atoms with Crippen LogP contribution in [0.1, 0.15) is 25.7 Å². The summed E-state index contributed by atoms with van der Waals surface area (Å²) in [6.07, 6.45) is 4.64. The summed E-state index contributed by atoms with van der Waals surface area (Å²) in [6, 6.07) is 6.98. The maximum absolute atomic E-state index is 11.8. The average Bonchev–Trinajstić information content (AvgIpc) is 2.37. The lowest BCUT2D eigenvalue weighted by atomic mass is 9.91. The molecule has 19 heavy (non-hydrogen) atoms. The lowest BCUT2D eigenvalue weighted by Gasteiger charge is -2.37. The van der Waals surface area contributed by atoms with E-state index in [4.69, 9.17) is 0 Å². The summed E-state index contributed by atoms with van der Waals surface area (Å²) in [7, 11) is -1.39. The van der Waals surface area contributed by atoms with Crippen molar-refractivity contribution in [2.45, 2.75) is 42.7 Å². The summed E-state index contributed by atoms with van der Waals surface area (Å²) in [5, 5.41) is 10.1. The zero-order chi connectivity index (χ0) is 14.0. The second-order valence-electron chi connectivity index (χ2n) is 5.27. The van der Waals surface area contributed by atoms with E-state index in [0.29, 0.717) is 10.6 Å². The van der Waals surface area contributed by atoms with Crippen LogP contribution in [0, 0.1) is 0 Å². The molecule has 0 aliphatic heterocycles. The maximum atomic E-state index is 11.8. The molecule has 106 valence electrons. The highest BCUT2D eigenvalue weighted by atomic mass is 32.2. The first kappa shape index (κ1) is 14.3. The van der Waals surface area contributed by atoms with E-state index in [-0.39, 0.29) is 12.1 Å². The number of sulfone groups is 1. The number of likely N-dealkylation sites (N-methyl/N-ethyl adjacent to an activating group) is 1. The second kappa shape index (κ2) is 5.51. The highest BCUT2D eigenvalue weighted by Crippen LogP contribution is 2.30. The lowest BCUT2D eigenvalue weighted by molar-refractivity contribution is 0.106. The van der Waals surface area contributed by atoms with E-state index >= 15 is 0 Å². The van der Waals surface area contributed by atoms with E-state index in [2.05, 4.69) is 0 Å². The summed E-state index contributed by atoms with van der Waals surface area (Å²) in [5.41, 5.74) is 0.677. The standard InChI is InChI=1S/C14H21NO3S/c1-15(11-7-3-5-9-13(11)16)12-8-4-6-10-14(12)19(2,17)18/h4,6,8,10-11,13,16H,3,5,7,9H2,1-2H3. The molecule has 1 aromatic rings. The molecule has 1 N–H and O–H groups in total. The van der Waals surface area contributed by atoms with E-state index < -0.39 is 9.84 Å². The molecular weight excluding hydrogens is 262 g/mol. The summed E-state index contributed by atoms with van der Waals surface area (Å²) in [5.74, 6) is 0. The molecule has 2 atom stereocenters. The molecule has 1 saturated carbocycles. The molecule has 0 aromatic heterocycles. The van der Waals surface area contributed by atoms with Crippen molar-refractivity contribution < 1.29 is 13.5 Å². The van der Waals surface area contributed by atoms with Crippen molar-refractivity contribution in [3.05, 3.63) is 24.3 Å². The van der Waals surface area contributed by atoms with Gasteiger partial charge in [-0.15, -0.1) is 0 Å². The SMILES string of the molecule is CN(c1ccccc1S(C)(=O)=O)C1CCCCC1O. The molecule has 2 rings (SSSR count). The zero-order valence-electron chi connectivity index (χ0n) is 11.4. The second-order valence-corrected chi connectivity index (χ2v) is 7.25. The maximum Gasteiger partial charge on any atom is 0.177 e. The molecule has 2 unspecified atom stereocenters. The van der Waals surface area contributed by atoms with Crippen molar-refractivity contribution in [3.8, 4) is 0 Å². The van der Waals surface area contributed by atoms with Crippen molar-refractivity contribution in [3.63, 3.8) is 0 Å². The van der Waals surface area contributed by atoms with Crippen molar-refractivity contribution in [1.29, 1.82) is 0 Å². The predicted octanol–water partition coefficient (Wildman–Crippen LogP) is 1.83. The molecule has 0 saturated heterocycles. The highest BCUT2D eigenvalue weighted by molar-refractivity contribution is 7.90. The quantitative estimate of drug-likeness (QED) is 0.919. The number of hydrogen-bond donors (Lipinski definition) is 1. The van der Waals surface area contributed by atoms with Crippen LogP contribution < -0.4 is 4.90 Å². The Morgan fingerprint density at radius 3 is 2.47 bits per heavy atom. The fourth-order valence-electron chi connectivity index (χ4n) is 2.78. The number of aliphatic hydroxyl groups excluding tert-OH is 1. The number of benzene rings is 1. The van der Waals surface area contributed by atoms with E-state index in [1.165, 1.54) is 6.26 Å². The number of anilines is 1. The fraction of sp³-hybridized carbons (Fsp3) is 0.571. The van der Waals surface area contributed by atoms with Gasteiger partial charge < -0.3 is 10.0 Å². The van der Waals surface area contributed by atoms with Crippen LogP contribution in [0.5, 0.6) is 0 Å². The first-order chi connectivity index (χ1) is 8.91. The smallest absolute Gasteiger partial charge is 0.177 e. The van der Waals surface area contributed by atoms with Gasteiger partial charge in [0.25, 0.3) is 0 Å². The van der Waals surface area contributed by atoms with Gasteiger partial charge in [-0.2, -0.15) is 0 Å². The minimum Gasteiger partial charge on any atom is -0.391 e. The first-order valence-electron chi connectivity index (χ1n) is 6.61. The third kappa shape index (κ3) is 3.09. The third-order valence-corrected chi connectivity index (χ3v) is 4.98. The Labute approximate surface area is 115 Å². The monoisotopic (exact) mass is 283 g/mol. The molecule has 1 fully saturated rings. The highest BCUT2D eigenvalue weighted by Gasteiger charge is 2.28. The number of hydrogen-bond acceptors (Lipinski definition) is 4. The third-order valence-electron chi connectivity index (χ3n) is 3.84. The summed E-state index contributed by atoms with van der Waals surface area (Å²) >= 11 is 0. The number of nitrogens with zero attached hydrogens (tertiary/aromatic N) is 1. The van der Waals surface area contributed by atoms with Gasteiger partial charge in [-0.25, -0.2) is 8.42 Å². The molecule has 0 heterocycles. The summed E-state index contributed by atoms with van der Waals surface area (Å²) < 4.78 is 23.7. The summed E-state index contributed by atoms with van der Waals surface area (Å²) in [4.78, 5) is 2.25. The normalized spacial score (nSPS) is 24.2. The van der Waals surface area contributed by atoms with Gasteiger partial charge in [0.2, 0.25) is 0 Å². The Kier molecular flexibility index (Phi) is 4.16. The van der Waals surface area contributed by atoms with Crippen molar-refractivity contribution in [2.24, 2.45) is 0 Å². The minimum absolute atomic E-state index is 0.00310. The van der Waals surface area contributed by atoms with Gasteiger partial charge in [-0.1, -0.05) is 25.0 Å². The van der Waals surface area contributed by atoms with Crippen LogP contribution in [0.15, 0.2) is 29.2 Å². The van der Waals surface area contributed by atoms with Crippen molar-refractivity contribution in [2.75, 3.05) is 18.2 Å². The van der Waals surface area contributed by atoms with Crippen LogP contribution in [0.4, 0.5) is 5.69 Å². The summed E-state index contributed by atoms with van der Waals surface area (Å²) in [6.45, 7) is 0. The van der Waals surface area contributed by atoms with E-state index in [1.54, 1.807) is 18.2 Å². The van der Waals surface area contributed by atoms with Crippen LogP contribution >= 0.6 is 0 Å². The van der Waals surface area contributed by atoms with Crippen LogP contribution in [-0.2, 0) is 9.84 Å². The largest absolute Gasteiger partial charge is 0.391 e. The molecule has 0 bridgehead atoms. The van der Waals surface area contributed by atoms with Gasteiger partial charge in [-0.3, -0.25) is 0 Å².